The molecule has 28 heavy (non-hydrogen) atoms. The van der Waals surface area contributed by atoms with Gasteiger partial charge in [0.15, 0.2) is 0 Å². The second-order valence-electron chi connectivity index (χ2n) is 6.79. The van der Waals surface area contributed by atoms with E-state index in [4.69, 9.17) is 4.74 Å². The van der Waals surface area contributed by atoms with Crippen LogP contribution in [0.2, 0.25) is 0 Å². The fourth-order valence-corrected chi connectivity index (χ4v) is 3.14. The molecule has 0 unspecified atom stereocenters. The number of amides is 1. The van der Waals surface area contributed by atoms with Gasteiger partial charge in [0.05, 0.1) is 5.69 Å². The molecule has 2 heterocycles. The van der Waals surface area contributed by atoms with Crippen LogP contribution in [0.25, 0.3) is 5.65 Å². The van der Waals surface area contributed by atoms with E-state index in [9.17, 15) is 4.79 Å². The maximum atomic E-state index is 12.6. The first-order chi connectivity index (χ1) is 13.6. The number of carbonyl (C=O) groups excluding carboxylic acids is 1. The third kappa shape index (κ3) is 3.88. The monoisotopic (exact) mass is 371 g/mol. The van der Waals surface area contributed by atoms with E-state index in [-0.39, 0.29) is 5.91 Å². The molecule has 0 aliphatic carbocycles. The van der Waals surface area contributed by atoms with Gasteiger partial charge in [-0.1, -0.05) is 29.8 Å². The fraction of sp³-hybridized carbons (Fsp3) is 0.130. The highest BCUT2D eigenvalue weighted by molar-refractivity contribution is 6.05. The van der Waals surface area contributed by atoms with Gasteiger partial charge in [0.2, 0.25) is 0 Å². The van der Waals surface area contributed by atoms with Gasteiger partial charge in [-0.05, 0) is 49.7 Å². The molecule has 0 saturated carbocycles. The van der Waals surface area contributed by atoms with Crippen molar-refractivity contribution in [1.29, 1.82) is 0 Å². The fourth-order valence-electron chi connectivity index (χ4n) is 3.14. The molecule has 5 heteroatoms. The quantitative estimate of drug-likeness (QED) is 0.549. The summed E-state index contributed by atoms with van der Waals surface area (Å²) in [7, 11) is 0. The lowest BCUT2D eigenvalue weighted by Crippen LogP contribution is -2.13. The van der Waals surface area contributed by atoms with Crippen LogP contribution in [0.3, 0.4) is 0 Å². The highest BCUT2D eigenvalue weighted by Gasteiger charge is 2.10. The molecular formula is C23H21N3O2. The van der Waals surface area contributed by atoms with Crippen molar-refractivity contribution in [2.24, 2.45) is 0 Å². The highest BCUT2D eigenvalue weighted by Crippen LogP contribution is 2.20. The maximum absolute atomic E-state index is 12.6. The average Bonchev–Trinajstić information content (AvgIpc) is 3.09. The first kappa shape index (κ1) is 17.8. The van der Waals surface area contributed by atoms with Crippen molar-refractivity contribution < 1.29 is 9.53 Å². The van der Waals surface area contributed by atoms with Crippen LogP contribution < -0.4 is 10.1 Å². The minimum Gasteiger partial charge on any atom is -0.487 e. The van der Waals surface area contributed by atoms with E-state index in [1.807, 2.05) is 91.3 Å². The molecule has 0 radical (unpaired) electrons. The zero-order chi connectivity index (χ0) is 19.5. The number of nitrogens with one attached hydrogen (secondary N) is 1. The molecular weight excluding hydrogens is 350 g/mol. The third-order valence-corrected chi connectivity index (χ3v) is 4.52. The van der Waals surface area contributed by atoms with E-state index < -0.39 is 0 Å². The van der Waals surface area contributed by atoms with Gasteiger partial charge in [0.25, 0.3) is 5.91 Å². The van der Waals surface area contributed by atoms with E-state index in [0.29, 0.717) is 23.6 Å². The highest BCUT2D eigenvalue weighted by atomic mass is 16.5. The van der Waals surface area contributed by atoms with Crippen LogP contribution in [-0.2, 0) is 6.61 Å². The van der Waals surface area contributed by atoms with Crippen molar-refractivity contribution in [3.05, 3.63) is 95.4 Å². The number of fused-ring (bicyclic) bond motifs is 1. The Balaban J connectivity index is 1.44. The Bertz CT molecular complexity index is 1110. The number of aryl methyl sites for hydroxylation is 2. The summed E-state index contributed by atoms with van der Waals surface area (Å²) in [5.74, 6) is 0.547. The summed E-state index contributed by atoms with van der Waals surface area (Å²) in [6.45, 7) is 4.31. The van der Waals surface area contributed by atoms with Crippen LogP contribution in [-0.4, -0.2) is 15.3 Å². The number of imidazole rings is 1. The molecule has 1 amide bonds. The predicted octanol–water partition coefficient (Wildman–Crippen LogP) is 4.78. The van der Waals surface area contributed by atoms with Crippen molar-refractivity contribution in [3.8, 4) is 5.75 Å². The zero-order valence-electron chi connectivity index (χ0n) is 15.8. The number of hydrogen-bond donors (Lipinski definition) is 1. The first-order valence-corrected chi connectivity index (χ1v) is 9.12. The van der Waals surface area contributed by atoms with Crippen LogP contribution in [0, 0.1) is 13.8 Å². The molecule has 4 aromatic rings. The number of anilines is 1. The molecule has 0 fully saturated rings. The summed E-state index contributed by atoms with van der Waals surface area (Å²) in [6, 6.07) is 19.0. The standard InChI is InChI=1S/C23H21N3O2/c1-16-9-10-21(17(2)12-16)23(27)25-18-6-5-7-20(13-18)28-15-19-14-26-11-4-3-8-22(26)24-19/h3-14H,15H2,1-2H3,(H,25,27). The summed E-state index contributed by atoms with van der Waals surface area (Å²) in [5, 5.41) is 2.94. The molecule has 0 bridgehead atoms. The number of carbonyl (C=O) groups is 1. The van der Waals surface area contributed by atoms with Crippen molar-refractivity contribution >= 4 is 17.2 Å². The van der Waals surface area contributed by atoms with Gasteiger partial charge in [0, 0.05) is 29.7 Å². The molecule has 5 nitrogen and oxygen atoms in total. The van der Waals surface area contributed by atoms with Crippen molar-refractivity contribution in [2.45, 2.75) is 20.5 Å². The number of ether oxygens (including phenoxy) is 1. The Kier molecular flexibility index (Phi) is 4.81. The Morgan fingerprint density at radius 3 is 2.79 bits per heavy atom. The Hall–Kier alpha value is -3.60. The van der Waals surface area contributed by atoms with Gasteiger partial charge in [-0.25, -0.2) is 4.98 Å². The molecule has 140 valence electrons. The molecule has 1 N–H and O–H groups in total. The topological polar surface area (TPSA) is 55.6 Å². The van der Waals surface area contributed by atoms with Gasteiger partial charge in [-0.2, -0.15) is 0 Å². The molecule has 0 spiro atoms. The van der Waals surface area contributed by atoms with Gasteiger partial charge in [0.1, 0.15) is 18.0 Å². The first-order valence-electron chi connectivity index (χ1n) is 9.12. The minimum atomic E-state index is -0.130. The van der Waals surface area contributed by atoms with E-state index >= 15 is 0 Å². The zero-order valence-corrected chi connectivity index (χ0v) is 15.8. The van der Waals surface area contributed by atoms with Gasteiger partial charge < -0.3 is 14.5 Å². The third-order valence-electron chi connectivity index (χ3n) is 4.52. The lowest BCUT2D eigenvalue weighted by atomic mass is 10.1. The summed E-state index contributed by atoms with van der Waals surface area (Å²) in [4.78, 5) is 17.1. The minimum absolute atomic E-state index is 0.130. The molecule has 0 atom stereocenters. The van der Waals surface area contributed by atoms with E-state index in [2.05, 4.69) is 10.3 Å². The number of nitrogens with zero attached hydrogens (tertiary/aromatic N) is 2. The van der Waals surface area contributed by atoms with Gasteiger partial charge in [-0.15, -0.1) is 0 Å². The van der Waals surface area contributed by atoms with Crippen LogP contribution >= 0.6 is 0 Å². The summed E-state index contributed by atoms with van der Waals surface area (Å²) in [6.07, 6.45) is 3.90. The number of aromatic nitrogens is 2. The lowest BCUT2D eigenvalue weighted by molar-refractivity contribution is 0.102. The van der Waals surface area contributed by atoms with Crippen LogP contribution in [0.4, 0.5) is 5.69 Å². The summed E-state index contributed by atoms with van der Waals surface area (Å²) >= 11 is 0. The molecule has 0 saturated heterocycles. The number of benzene rings is 2. The molecule has 0 aliphatic rings. The Morgan fingerprint density at radius 2 is 1.96 bits per heavy atom. The largest absolute Gasteiger partial charge is 0.487 e. The Morgan fingerprint density at radius 1 is 1.07 bits per heavy atom. The van der Waals surface area contributed by atoms with Crippen molar-refractivity contribution in [2.75, 3.05) is 5.32 Å². The van der Waals surface area contributed by atoms with Crippen LogP contribution in [0.1, 0.15) is 27.2 Å². The predicted molar refractivity (Wildman–Crippen MR) is 110 cm³/mol. The van der Waals surface area contributed by atoms with Gasteiger partial charge >= 0.3 is 0 Å². The lowest BCUT2D eigenvalue weighted by Gasteiger charge is -2.10. The van der Waals surface area contributed by atoms with Gasteiger partial charge in [-0.3, -0.25) is 4.79 Å². The smallest absolute Gasteiger partial charge is 0.255 e. The van der Waals surface area contributed by atoms with E-state index in [1.54, 1.807) is 0 Å². The number of pyridine rings is 1. The Labute approximate surface area is 163 Å². The SMILES string of the molecule is Cc1ccc(C(=O)Nc2cccc(OCc3cn4ccccc4n3)c2)c(C)c1. The summed E-state index contributed by atoms with van der Waals surface area (Å²) < 4.78 is 7.82. The van der Waals surface area contributed by atoms with E-state index in [1.165, 1.54) is 0 Å². The summed E-state index contributed by atoms with van der Waals surface area (Å²) in [5.41, 5.74) is 5.18. The normalized spacial score (nSPS) is 10.8. The van der Waals surface area contributed by atoms with Crippen molar-refractivity contribution in [1.82, 2.24) is 9.38 Å². The average molecular weight is 371 g/mol. The molecule has 2 aromatic heterocycles. The molecule has 0 aliphatic heterocycles. The number of rotatable bonds is 5. The second kappa shape index (κ2) is 7.56. The van der Waals surface area contributed by atoms with Crippen molar-refractivity contribution in [3.63, 3.8) is 0 Å². The van der Waals surface area contributed by atoms with E-state index in [0.717, 1.165) is 22.5 Å². The van der Waals surface area contributed by atoms with Crippen LogP contribution in [0.5, 0.6) is 5.75 Å². The number of hydrogen-bond acceptors (Lipinski definition) is 3. The second-order valence-corrected chi connectivity index (χ2v) is 6.79. The van der Waals surface area contributed by atoms with Crippen LogP contribution in [0.15, 0.2) is 73.1 Å². The molecule has 2 aromatic carbocycles. The maximum Gasteiger partial charge on any atom is 0.255 e. The molecule has 4 rings (SSSR count).